The van der Waals surface area contributed by atoms with E-state index in [1.54, 1.807) is 6.92 Å². The second kappa shape index (κ2) is 5.41. The number of ether oxygens (including phenoxy) is 1. The Labute approximate surface area is 108 Å². The second-order valence-corrected chi connectivity index (χ2v) is 6.17. The third-order valence-electron chi connectivity index (χ3n) is 2.40. The Kier molecular flexibility index (Phi) is 4.37. The maximum absolute atomic E-state index is 12.2. The summed E-state index contributed by atoms with van der Waals surface area (Å²) in [5, 5.41) is 0. The van der Waals surface area contributed by atoms with Crippen LogP contribution in [0.5, 0.6) is 5.75 Å². The van der Waals surface area contributed by atoms with Gasteiger partial charge in [-0.2, -0.15) is 4.31 Å². The Morgan fingerprint density at radius 3 is 2.56 bits per heavy atom. The van der Waals surface area contributed by atoms with Crippen molar-refractivity contribution in [2.24, 2.45) is 0 Å². The fraction of sp³-hybridized carbons (Fsp3) is 0.333. The second-order valence-electron chi connectivity index (χ2n) is 4.12. The van der Waals surface area contributed by atoms with Gasteiger partial charge in [0.05, 0.1) is 17.7 Å². The maximum atomic E-state index is 12.2. The van der Waals surface area contributed by atoms with Gasteiger partial charge in [-0.15, -0.1) is 0 Å². The van der Waals surface area contributed by atoms with Gasteiger partial charge in [0.2, 0.25) is 10.0 Å². The van der Waals surface area contributed by atoms with Crippen molar-refractivity contribution in [3.8, 4) is 5.75 Å². The number of benzene rings is 1. The molecular formula is C12H18N2O3S. The summed E-state index contributed by atoms with van der Waals surface area (Å²) in [6, 6.07) is 4.40. The number of nitrogens with zero attached hydrogens (tertiary/aromatic N) is 1. The maximum Gasteiger partial charge on any atom is 0.243 e. The van der Waals surface area contributed by atoms with Crippen LogP contribution in [-0.2, 0) is 10.0 Å². The Morgan fingerprint density at radius 1 is 1.50 bits per heavy atom. The lowest BCUT2D eigenvalue weighted by Gasteiger charge is -2.17. The minimum absolute atomic E-state index is 0.143. The summed E-state index contributed by atoms with van der Waals surface area (Å²) < 4.78 is 30.6. The summed E-state index contributed by atoms with van der Waals surface area (Å²) in [6.07, 6.45) is 0. The zero-order valence-electron chi connectivity index (χ0n) is 10.8. The highest BCUT2D eigenvalue weighted by Gasteiger charge is 2.21. The van der Waals surface area contributed by atoms with E-state index in [2.05, 4.69) is 6.58 Å². The number of anilines is 1. The highest BCUT2D eigenvalue weighted by molar-refractivity contribution is 7.89. The van der Waals surface area contributed by atoms with Gasteiger partial charge in [-0.1, -0.05) is 12.2 Å². The van der Waals surface area contributed by atoms with E-state index >= 15 is 0 Å². The summed E-state index contributed by atoms with van der Waals surface area (Å²) in [7, 11) is -0.561. The molecule has 0 fully saturated rings. The molecule has 0 radical (unpaired) electrons. The first-order valence-corrected chi connectivity index (χ1v) is 6.77. The largest absolute Gasteiger partial charge is 0.495 e. The van der Waals surface area contributed by atoms with Crippen LogP contribution in [0.25, 0.3) is 0 Å². The van der Waals surface area contributed by atoms with E-state index in [0.29, 0.717) is 11.4 Å². The number of methoxy groups -OCH3 is 1. The van der Waals surface area contributed by atoms with E-state index in [-0.39, 0.29) is 11.4 Å². The monoisotopic (exact) mass is 270 g/mol. The minimum atomic E-state index is -3.54. The molecule has 0 saturated carbocycles. The summed E-state index contributed by atoms with van der Waals surface area (Å²) >= 11 is 0. The molecule has 6 heteroatoms. The SMILES string of the molecule is C=C(C)CN(C)S(=O)(=O)c1ccc(OC)c(N)c1. The van der Waals surface area contributed by atoms with Gasteiger partial charge >= 0.3 is 0 Å². The van der Waals surface area contributed by atoms with Crippen LogP contribution in [0.2, 0.25) is 0 Å². The molecule has 0 aromatic heterocycles. The van der Waals surface area contributed by atoms with Crippen molar-refractivity contribution in [3.05, 3.63) is 30.4 Å². The van der Waals surface area contributed by atoms with Crippen molar-refractivity contribution in [1.29, 1.82) is 0 Å². The van der Waals surface area contributed by atoms with Crippen LogP contribution < -0.4 is 10.5 Å². The van der Waals surface area contributed by atoms with Crippen LogP contribution in [0, 0.1) is 0 Å². The molecule has 0 aliphatic carbocycles. The quantitative estimate of drug-likeness (QED) is 0.649. The van der Waals surface area contributed by atoms with Crippen molar-refractivity contribution < 1.29 is 13.2 Å². The summed E-state index contributed by atoms with van der Waals surface area (Å²) in [6.45, 7) is 5.74. The molecule has 0 unspecified atom stereocenters. The Bertz CT molecular complexity index is 552. The first-order valence-electron chi connectivity index (χ1n) is 5.33. The third kappa shape index (κ3) is 3.02. The molecular weight excluding hydrogens is 252 g/mol. The molecule has 0 amide bonds. The number of rotatable bonds is 5. The van der Waals surface area contributed by atoms with Crippen LogP contribution in [0.1, 0.15) is 6.92 Å². The molecule has 100 valence electrons. The normalized spacial score (nSPS) is 11.6. The summed E-state index contributed by atoms with van der Waals surface area (Å²) in [5.74, 6) is 0.455. The lowest BCUT2D eigenvalue weighted by molar-refractivity contribution is 0.416. The van der Waals surface area contributed by atoms with Crippen molar-refractivity contribution in [2.45, 2.75) is 11.8 Å². The van der Waals surface area contributed by atoms with E-state index in [4.69, 9.17) is 10.5 Å². The zero-order chi connectivity index (χ0) is 13.9. The molecule has 0 bridgehead atoms. The molecule has 0 aliphatic rings. The van der Waals surface area contributed by atoms with Gasteiger partial charge in [0, 0.05) is 13.6 Å². The van der Waals surface area contributed by atoms with Gasteiger partial charge < -0.3 is 10.5 Å². The number of nitrogen functional groups attached to an aromatic ring is 1. The number of hydrogen-bond donors (Lipinski definition) is 1. The fourth-order valence-corrected chi connectivity index (χ4v) is 2.78. The molecule has 0 saturated heterocycles. The summed E-state index contributed by atoms with van der Waals surface area (Å²) in [4.78, 5) is 0.143. The lowest BCUT2D eigenvalue weighted by atomic mass is 10.3. The first-order chi connectivity index (χ1) is 8.28. The topological polar surface area (TPSA) is 72.6 Å². The standard InChI is InChI=1S/C12H18N2O3S/c1-9(2)8-14(3)18(15,16)10-5-6-12(17-4)11(13)7-10/h5-7H,1,8,13H2,2-4H3. The average molecular weight is 270 g/mol. The van der Waals surface area contributed by atoms with Crippen molar-refractivity contribution in [1.82, 2.24) is 4.31 Å². The lowest BCUT2D eigenvalue weighted by Crippen LogP contribution is -2.28. The smallest absolute Gasteiger partial charge is 0.243 e. The van der Waals surface area contributed by atoms with Crippen LogP contribution >= 0.6 is 0 Å². The molecule has 0 aliphatic heterocycles. The van der Waals surface area contributed by atoms with Gasteiger partial charge in [0.1, 0.15) is 5.75 Å². The molecule has 0 heterocycles. The molecule has 1 aromatic carbocycles. The van der Waals surface area contributed by atoms with E-state index in [1.807, 2.05) is 0 Å². The van der Waals surface area contributed by atoms with Gasteiger partial charge in [-0.05, 0) is 25.1 Å². The summed E-state index contributed by atoms with van der Waals surface area (Å²) in [5.41, 5.74) is 6.76. The highest BCUT2D eigenvalue weighted by atomic mass is 32.2. The Balaban J connectivity index is 3.13. The zero-order valence-corrected chi connectivity index (χ0v) is 11.6. The molecule has 1 rings (SSSR count). The van der Waals surface area contributed by atoms with E-state index in [1.165, 1.54) is 36.7 Å². The Hall–Kier alpha value is -1.53. The molecule has 18 heavy (non-hydrogen) atoms. The first kappa shape index (κ1) is 14.5. The number of nitrogens with two attached hydrogens (primary N) is 1. The molecule has 1 aromatic rings. The van der Waals surface area contributed by atoms with Gasteiger partial charge in [-0.3, -0.25) is 0 Å². The van der Waals surface area contributed by atoms with Crippen LogP contribution in [0.3, 0.4) is 0 Å². The van der Waals surface area contributed by atoms with Gasteiger partial charge in [0.15, 0.2) is 0 Å². The number of hydrogen-bond acceptors (Lipinski definition) is 4. The fourth-order valence-electron chi connectivity index (χ4n) is 1.52. The van der Waals surface area contributed by atoms with E-state index in [0.717, 1.165) is 5.57 Å². The van der Waals surface area contributed by atoms with Crippen LogP contribution in [0.4, 0.5) is 5.69 Å². The van der Waals surface area contributed by atoms with Crippen molar-refractivity contribution in [3.63, 3.8) is 0 Å². The van der Waals surface area contributed by atoms with E-state index < -0.39 is 10.0 Å². The predicted octanol–water partition coefficient (Wildman–Crippen LogP) is 1.47. The van der Waals surface area contributed by atoms with Gasteiger partial charge in [-0.25, -0.2) is 8.42 Å². The average Bonchev–Trinajstić information content (AvgIpc) is 2.27. The van der Waals surface area contributed by atoms with E-state index in [9.17, 15) is 8.42 Å². The van der Waals surface area contributed by atoms with Crippen LogP contribution in [0.15, 0.2) is 35.2 Å². The van der Waals surface area contributed by atoms with Crippen LogP contribution in [-0.4, -0.2) is 33.4 Å². The van der Waals surface area contributed by atoms with Crippen molar-refractivity contribution >= 4 is 15.7 Å². The molecule has 5 nitrogen and oxygen atoms in total. The Morgan fingerprint density at radius 2 is 2.11 bits per heavy atom. The molecule has 2 N–H and O–H groups in total. The highest BCUT2D eigenvalue weighted by Crippen LogP contribution is 2.25. The molecule has 0 atom stereocenters. The predicted molar refractivity (Wildman–Crippen MR) is 72.0 cm³/mol. The van der Waals surface area contributed by atoms with Gasteiger partial charge in [0.25, 0.3) is 0 Å². The number of likely N-dealkylation sites (N-methyl/N-ethyl adjacent to an activating group) is 1. The van der Waals surface area contributed by atoms with Crippen molar-refractivity contribution in [2.75, 3.05) is 26.4 Å². The number of sulfonamides is 1. The molecule has 0 spiro atoms. The third-order valence-corrected chi connectivity index (χ3v) is 4.20. The minimum Gasteiger partial charge on any atom is -0.495 e.